The van der Waals surface area contributed by atoms with Crippen LogP contribution in [-0.4, -0.2) is 26.5 Å². The highest BCUT2D eigenvalue weighted by molar-refractivity contribution is 9.10. The van der Waals surface area contributed by atoms with Gasteiger partial charge in [0.1, 0.15) is 0 Å². The standard InChI is InChI=1S/C19H19BrN2O4S/c20-14-7-9-15(10-8-14)27(23,24)18-19(22-11-3-1-2-4-12-22)26-17(21-18)16-6-5-13-25-16/h5-10,13H,1-4,11-12H2. The number of sulfone groups is 1. The molecule has 4 rings (SSSR count). The van der Waals surface area contributed by atoms with Crippen LogP contribution in [0.5, 0.6) is 0 Å². The van der Waals surface area contributed by atoms with Gasteiger partial charge >= 0.3 is 0 Å². The Morgan fingerprint density at radius 3 is 2.33 bits per heavy atom. The number of nitrogens with zero attached hydrogens (tertiary/aromatic N) is 2. The van der Waals surface area contributed by atoms with Crippen LogP contribution in [-0.2, 0) is 9.84 Å². The van der Waals surface area contributed by atoms with Crippen molar-refractivity contribution >= 4 is 31.7 Å². The lowest BCUT2D eigenvalue weighted by molar-refractivity contribution is 0.507. The molecular weight excluding hydrogens is 432 g/mol. The zero-order chi connectivity index (χ0) is 18.9. The van der Waals surface area contributed by atoms with E-state index in [0.29, 0.717) is 11.6 Å². The topological polar surface area (TPSA) is 76.5 Å². The summed E-state index contributed by atoms with van der Waals surface area (Å²) in [4.78, 5) is 6.49. The van der Waals surface area contributed by atoms with Crippen molar-refractivity contribution in [3.8, 4) is 11.7 Å². The summed E-state index contributed by atoms with van der Waals surface area (Å²) in [6.45, 7) is 1.49. The highest BCUT2D eigenvalue weighted by Crippen LogP contribution is 2.36. The summed E-state index contributed by atoms with van der Waals surface area (Å²) in [7, 11) is -3.83. The van der Waals surface area contributed by atoms with Gasteiger partial charge in [0.25, 0.3) is 5.89 Å². The van der Waals surface area contributed by atoms with E-state index in [9.17, 15) is 8.42 Å². The molecule has 0 bridgehead atoms. The molecule has 1 fully saturated rings. The second-order valence-electron chi connectivity index (χ2n) is 6.47. The van der Waals surface area contributed by atoms with Crippen molar-refractivity contribution in [3.05, 3.63) is 47.1 Å². The van der Waals surface area contributed by atoms with Gasteiger partial charge in [-0.15, -0.1) is 0 Å². The summed E-state index contributed by atoms with van der Waals surface area (Å²) in [6.07, 6.45) is 5.76. The maximum Gasteiger partial charge on any atom is 0.266 e. The van der Waals surface area contributed by atoms with Crippen molar-refractivity contribution in [2.24, 2.45) is 0 Å². The van der Waals surface area contributed by atoms with E-state index in [1.165, 1.54) is 6.26 Å². The molecule has 2 aromatic heterocycles. The van der Waals surface area contributed by atoms with Gasteiger partial charge in [0.2, 0.25) is 20.7 Å². The van der Waals surface area contributed by atoms with Crippen LogP contribution in [0, 0.1) is 0 Å². The number of hydrogen-bond donors (Lipinski definition) is 0. The molecule has 1 saturated heterocycles. The lowest BCUT2D eigenvalue weighted by Crippen LogP contribution is -2.25. The Hall–Kier alpha value is -2.06. The average Bonchev–Trinajstić information content (AvgIpc) is 3.27. The fourth-order valence-electron chi connectivity index (χ4n) is 3.18. The molecule has 0 amide bonds. The van der Waals surface area contributed by atoms with Gasteiger partial charge in [0, 0.05) is 17.6 Å². The number of furan rings is 1. The van der Waals surface area contributed by atoms with E-state index >= 15 is 0 Å². The molecule has 0 N–H and O–H groups in total. The van der Waals surface area contributed by atoms with Gasteiger partial charge in [0.15, 0.2) is 5.76 Å². The number of halogens is 1. The van der Waals surface area contributed by atoms with Gasteiger partial charge < -0.3 is 13.7 Å². The summed E-state index contributed by atoms with van der Waals surface area (Å²) in [6, 6.07) is 9.94. The van der Waals surface area contributed by atoms with Gasteiger partial charge in [-0.2, -0.15) is 4.98 Å². The number of oxazole rings is 1. The third kappa shape index (κ3) is 3.68. The van der Waals surface area contributed by atoms with E-state index < -0.39 is 9.84 Å². The maximum atomic E-state index is 13.3. The first kappa shape index (κ1) is 18.3. The maximum absolute atomic E-state index is 13.3. The minimum absolute atomic E-state index is 0.0573. The second kappa shape index (κ2) is 7.52. The molecule has 1 aromatic carbocycles. The minimum Gasteiger partial charge on any atom is -0.459 e. The Morgan fingerprint density at radius 2 is 1.70 bits per heavy atom. The molecule has 3 aromatic rings. The Balaban J connectivity index is 1.83. The van der Waals surface area contributed by atoms with Gasteiger partial charge in [-0.05, 0) is 49.2 Å². The van der Waals surface area contributed by atoms with Gasteiger partial charge in [-0.1, -0.05) is 28.8 Å². The number of rotatable bonds is 4. The largest absolute Gasteiger partial charge is 0.459 e. The summed E-state index contributed by atoms with van der Waals surface area (Å²) >= 11 is 3.33. The van der Waals surface area contributed by atoms with Crippen LogP contribution < -0.4 is 4.90 Å². The molecule has 1 aliphatic rings. The molecule has 0 spiro atoms. The molecule has 3 heterocycles. The summed E-state index contributed by atoms with van der Waals surface area (Å²) < 4.78 is 38.7. The van der Waals surface area contributed by atoms with E-state index in [4.69, 9.17) is 8.83 Å². The highest BCUT2D eigenvalue weighted by Gasteiger charge is 2.32. The Morgan fingerprint density at radius 1 is 1.00 bits per heavy atom. The van der Waals surface area contributed by atoms with Crippen LogP contribution in [0.3, 0.4) is 0 Å². The Kier molecular flexibility index (Phi) is 5.10. The number of hydrogen-bond acceptors (Lipinski definition) is 6. The second-order valence-corrected chi connectivity index (χ2v) is 9.25. The third-order valence-corrected chi connectivity index (χ3v) is 6.78. The highest BCUT2D eigenvalue weighted by atomic mass is 79.9. The Labute approximate surface area is 166 Å². The first-order valence-electron chi connectivity index (χ1n) is 8.86. The predicted molar refractivity (Wildman–Crippen MR) is 104 cm³/mol. The van der Waals surface area contributed by atoms with E-state index in [0.717, 1.165) is 43.2 Å². The smallest absolute Gasteiger partial charge is 0.266 e. The van der Waals surface area contributed by atoms with Crippen LogP contribution >= 0.6 is 15.9 Å². The zero-order valence-corrected chi connectivity index (χ0v) is 17.0. The molecule has 142 valence electrons. The lowest BCUT2D eigenvalue weighted by atomic mass is 10.2. The molecule has 1 aliphatic heterocycles. The molecule has 8 heteroatoms. The zero-order valence-electron chi connectivity index (χ0n) is 14.6. The van der Waals surface area contributed by atoms with Crippen molar-refractivity contribution in [3.63, 3.8) is 0 Å². The molecular formula is C19H19BrN2O4S. The molecule has 27 heavy (non-hydrogen) atoms. The quantitative estimate of drug-likeness (QED) is 0.561. The lowest BCUT2D eigenvalue weighted by Gasteiger charge is -2.19. The first-order valence-corrected chi connectivity index (χ1v) is 11.1. The monoisotopic (exact) mass is 450 g/mol. The van der Waals surface area contributed by atoms with Crippen LogP contribution in [0.4, 0.5) is 5.88 Å². The molecule has 0 aliphatic carbocycles. The van der Waals surface area contributed by atoms with Gasteiger partial charge in [0.05, 0.1) is 11.2 Å². The Bertz CT molecular complexity index is 1000. The van der Waals surface area contributed by atoms with Crippen molar-refractivity contribution in [2.75, 3.05) is 18.0 Å². The number of anilines is 1. The average molecular weight is 451 g/mol. The first-order chi connectivity index (χ1) is 13.1. The van der Waals surface area contributed by atoms with Crippen molar-refractivity contribution in [1.82, 2.24) is 4.98 Å². The van der Waals surface area contributed by atoms with Crippen molar-refractivity contribution in [1.29, 1.82) is 0 Å². The molecule has 6 nitrogen and oxygen atoms in total. The van der Waals surface area contributed by atoms with E-state index in [-0.39, 0.29) is 15.8 Å². The summed E-state index contributed by atoms with van der Waals surface area (Å²) in [5.74, 6) is 0.879. The van der Waals surface area contributed by atoms with Crippen molar-refractivity contribution in [2.45, 2.75) is 35.6 Å². The minimum atomic E-state index is -3.83. The summed E-state index contributed by atoms with van der Waals surface area (Å²) in [5.41, 5.74) is 0. The van der Waals surface area contributed by atoms with Gasteiger partial charge in [-0.3, -0.25) is 0 Å². The molecule has 0 radical (unpaired) electrons. The van der Waals surface area contributed by atoms with E-state index in [1.807, 2.05) is 4.90 Å². The van der Waals surface area contributed by atoms with Crippen LogP contribution in [0.15, 0.2) is 65.9 Å². The SMILES string of the molecule is O=S(=O)(c1ccc(Br)cc1)c1nc(-c2ccco2)oc1N1CCCCCC1. The summed E-state index contributed by atoms with van der Waals surface area (Å²) in [5, 5.41) is -0.0573. The van der Waals surface area contributed by atoms with Crippen LogP contribution in [0.2, 0.25) is 0 Å². The number of benzene rings is 1. The third-order valence-electron chi connectivity index (χ3n) is 4.58. The fourth-order valence-corrected chi connectivity index (χ4v) is 4.76. The normalized spacial score (nSPS) is 15.7. The van der Waals surface area contributed by atoms with Crippen molar-refractivity contribution < 1.29 is 17.3 Å². The predicted octanol–water partition coefficient (Wildman–Crippen LogP) is 4.91. The molecule has 0 atom stereocenters. The number of aromatic nitrogens is 1. The van der Waals surface area contributed by atoms with Crippen LogP contribution in [0.25, 0.3) is 11.7 Å². The fraction of sp³-hybridized carbons (Fsp3) is 0.316. The van der Waals surface area contributed by atoms with Crippen LogP contribution in [0.1, 0.15) is 25.7 Å². The van der Waals surface area contributed by atoms with E-state index in [2.05, 4.69) is 20.9 Å². The van der Waals surface area contributed by atoms with Gasteiger partial charge in [-0.25, -0.2) is 8.42 Å². The van der Waals surface area contributed by atoms with E-state index in [1.54, 1.807) is 36.4 Å². The molecule has 0 saturated carbocycles. The molecule has 0 unspecified atom stereocenters.